The van der Waals surface area contributed by atoms with Crippen LogP contribution in [-0.2, 0) is 0 Å². The van der Waals surface area contributed by atoms with Crippen molar-refractivity contribution < 1.29 is 5.11 Å². The molecule has 0 bridgehead atoms. The molecule has 1 aliphatic carbocycles. The Labute approximate surface area is 197 Å². The molecule has 5 rings (SSSR count). The maximum Gasteiger partial charge on any atom is 0.121 e. The largest absolute Gasteiger partial charge is 0.508 e. The lowest BCUT2D eigenvalue weighted by molar-refractivity contribution is 0.107. The van der Waals surface area contributed by atoms with Gasteiger partial charge in [0.05, 0.1) is 6.04 Å². The van der Waals surface area contributed by atoms with Gasteiger partial charge in [-0.25, -0.2) is 0 Å². The zero-order valence-electron chi connectivity index (χ0n) is 19.3. The fourth-order valence-electron chi connectivity index (χ4n) is 5.40. The van der Waals surface area contributed by atoms with Gasteiger partial charge in [-0.15, -0.1) is 0 Å². The third kappa shape index (κ3) is 5.05. The highest BCUT2D eigenvalue weighted by molar-refractivity contribution is 5.88. The second-order valence-corrected chi connectivity index (χ2v) is 9.34. The molecular formula is C30H34N2O. The summed E-state index contributed by atoms with van der Waals surface area (Å²) in [6.45, 7) is 5.37. The van der Waals surface area contributed by atoms with Gasteiger partial charge >= 0.3 is 0 Å². The summed E-state index contributed by atoms with van der Waals surface area (Å²) in [7, 11) is 0. The SMILES string of the molecule is Oc1ccc2ccccc2c1C(c1ccccc1)N1CCN(CCCCC2C=CC=C2)CC1. The van der Waals surface area contributed by atoms with Crippen molar-refractivity contribution in [2.24, 2.45) is 5.92 Å². The molecule has 1 fully saturated rings. The van der Waals surface area contributed by atoms with Crippen molar-refractivity contribution in [3.63, 3.8) is 0 Å². The van der Waals surface area contributed by atoms with E-state index in [1.807, 2.05) is 12.1 Å². The van der Waals surface area contributed by atoms with E-state index in [0.717, 1.165) is 37.1 Å². The van der Waals surface area contributed by atoms with Crippen LogP contribution in [0.4, 0.5) is 0 Å². The third-order valence-electron chi connectivity index (χ3n) is 7.20. The number of benzene rings is 3. The highest BCUT2D eigenvalue weighted by atomic mass is 16.3. The Hall–Kier alpha value is -2.88. The molecule has 0 amide bonds. The Morgan fingerprint density at radius 2 is 1.52 bits per heavy atom. The van der Waals surface area contributed by atoms with Gasteiger partial charge in [-0.1, -0.05) is 91.4 Å². The number of phenolic OH excluding ortho intramolecular Hbond substituents is 1. The summed E-state index contributed by atoms with van der Waals surface area (Å²) in [5.41, 5.74) is 2.28. The summed E-state index contributed by atoms with van der Waals surface area (Å²) in [6.07, 6.45) is 12.8. The molecule has 3 nitrogen and oxygen atoms in total. The standard InChI is InChI=1S/C30H34N2O/c33-28-18-17-25-13-6-7-16-27(25)29(28)30(26-14-2-1-3-15-26)32-22-20-31(21-23-32)19-9-8-12-24-10-4-5-11-24/h1-7,10-11,13-18,24,30,33H,8-9,12,19-23H2. The fourth-order valence-corrected chi connectivity index (χ4v) is 5.40. The van der Waals surface area contributed by atoms with Crippen molar-refractivity contribution in [1.29, 1.82) is 0 Å². The lowest BCUT2D eigenvalue weighted by atomic mass is 9.91. The van der Waals surface area contributed by atoms with Gasteiger partial charge in [-0.2, -0.15) is 0 Å². The molecule has 3 aromatic rings. The van der Waals surface area contributed by atoms with Gasteiger partial charge in [0.25, 0.3) is 0 Å². The quantitative estimate of drug-likeness (QED) is 0.426. The topological polar surface area (TPSA) is 26.7 Å². The van der Waals surface area contributed by atoms with Crippen LogP contribution in [0.5, 0.6) is 5.75 Å². The fraction of sp³-hybridized carbons (Fsp3) is 0.333. The molecule has 170 valence electrons. The van der Waals surface area contributed by atoms with E-state index in [1.165, 1.54) is 36.8 Å². The highest BCUT2D eigenvalue weighted by Gasteiger charge is 2.29. The van der Waals surface area contributed by atoms with Crippen molar-refractivity contribution in [3.8, 4) is 5.75 Å². The molecule has 1 heterocycles. The average Bonchev–Trinajstić information content (AvgIpc) is 3.39. The van der Waals surface area contributed by atoms with E-state index in [4.69, 9.17) is 0 Å². The van der Waals surface area contributed by atoms with Crippen LogP contribution in [-0.4, -0.2) is 47.6 Å². The Balaban J connectivity index is 1.30. The Morgan fingerprint density at radius 3 is 2.30 bits per heavy atom. The summed E-state index contributed by atoms with van der Waals surface area (Å²) >= 11 is 0. The van der Waals surface area contributed by atoms with Crippen LogP contribution in [0.2, 0.25) is 0 Å². The summed E-state index contributed by atoms with van der Waals surface area (Å²) in [5, 5.41) is 13.3. The van der Waals surface area contributed by atoms with Gasteiger partial charge < -0.3 is 10.0 Å². The minimum Gasteiger partial charge on any atom is -0.508 e. The smallest absolute Gasteiger partial charge is 0.121 e. The first-order valence-electron chi connectivity index (χ1n) is 12.4. The van der Waals surface area contributed by atoms with Gasteiger partial charge in [-0.3, -0.25) is 4.90 Å². The Kier molecular flexibility index (Phi) is 6.89. The number of fused-ring (bicyclic) bond motifs is 1. The van der Waals surface area contributed by atoms with Crippen LogP contribution in [0.25, 0.3) is 10.8 Å². The molecular weight excluding hydrogens is 404 g/mol. The monoisotopic (exact) mass is 438 g/mol. The number of hydrogen-bond acceptors (Lipinski definition) is 3. The van der Waals surface area contributed by atoms with Crippen molar-refractivity contribution in [2.45, 2.75) is 25.3 Å². The van der Waals surface area contributed by atoms with Crippen molar-refractivity contribution in [3.05, 3.63) is 102 Å². The van der Waals surface area contributed by atoms with Crippen molar-refractivity contribution in [2.75, 3.05) is 32.7 Å². The van der Waals surface area contributed by atoms with Crippen LogP contribution in [0.15, 0.2) is 91.0 Å². The van der Waals surface area contributed by atoms with Gasteiger partial charge in [0.15, 0.2) is 0 Å². The predicted octanol–water partition coefficient (Wildman–Crippen LogP) is 6.16. The van der Waals surface area contributed by atoms with Crippen LogP contribution in [0, 0.1) is 5.92 Å². The number of nitrogens with zero attached hydrogens (tertiary/aromatic N) is 2. The molecule has 0 aromatic heterocycles. The van der Waals surface area contributed by atoms with Crippen molar-refractivity contribution in [1.82, 2.24) is 9.80 Å². The second-order valence-electron chi connectivity index (χ2n) is 9.34. The molecule has 1 N–H and O–H groups in total. The molecule has 3 heteroatoms. The maximum atomic E-state index is 11.0. The van der Waals surface area contributed by atoms with Gasteiger partial charge in [0, 0.05) is 31.7 Å². The Morgan fingerprint density at radius 1 is 0.788 bits per heavy atom. The lowest BCUT2D eigenvalue weighted by Gasteiger charge is -2.40. The lowest BCUT2D eigenvalue weighted by Crippen LogP contribution is -2.48. The molecule has 0 spiro atoms. The van der Waals surface area contributed by atoms with E-state index in [0.29, 0.717) is 11.7 Å². The number of piperazine rings is 1. The van der Waals surface area contributed by atoms with E-state index in [1.54, 1.807) is 0 Å². The van der Waals surface area contributed by atoms with E-state index >= 15 is 0 Å². The van der Waals surface area contributed by atoms with E-state index in [2.05, 4.69) is 88.7 Å². The number of rotatable bonds is 8. The third-order valence-corrected chi connectivity index (χ3v) is 7.20. The van der Waals surface area contributed by atoms with E-state index in [9.17, 15) is 5.11 Å². The van der Waals surface area contributed by atoms with E-state index in [-0.39, 0.29) is 6.04 Å². The summed E-state index contributed by atoms with van der Waals surface area (Å²) in [6, 6.07) is 23.0. The first kappa shape index (κ1) is 21.9. The Bertz CT molecular complexity index is 1100. The number of aromatic hydroxyl groups is 1. The van der Waals surface area contributed by atoms with Gasteiger partial charge in [-0.05, 0) is 47.7 Å². The molecule has 1 aliphatic heterocycles. The van der Waals surface area contributed by atoms with Gasteiger partial charge in [0.1, 0.15) is 5.75 Å². The van der Waals surface area contributed by atoms with Gasteiger partial charge in [0.2, 0.25) is 0 Å². The van der Waals surface area contributed by atoms with E-state index < -0.39 is 0 Å². The van der Waals surface area contributed by atoms with Crippen LogP contribution < -0.4 is 0 Å². The zero-order valence-corrected chi connectivity index (χ0v) is 19.3. The minimum atomic E-state index is 0.0559. The zero-order chi connectivity index (χ0) is 22.5. The molecule has 1 atom stereocenters. The summed E-state index contributed by atoms with van der Waals surface area (Å²) < 4.78 is 0. The molecule has 33 heavy (non-hydrogen) atoms. The summed E-state index contributed by atoms with van der Waals surface area (Å²) in [4.78, 5) is 5.17. The summed E-state index contributed by atoms with van der Waals surface area (Å²) in [5.74, 6) is 1.04. The molecule has 2 aliphatic rings. The van der Waals surface area contributed by atoms with Crippen LogP contribution in [0.3, 0.4) is 0 Å². The molecule has 3 aromatic carbocycles. The maximum absolute atomic E-state index is 11.0. The molecule has 1 saturated heterocycles. The van der Waals surface area contributed by atoms with Crippen LogP contribution >= 0.6 is 0 Å². The van der Waals surface area contributed by atoms with Crippen molar-refractivity contribution >= 4 is 10.8 Å². The number of phenols is 1. The first-order valence-corrected chi connectivity index (χ1v) is 12.4. The molecule has 0 saturated carbocycles. The second kappa shape index (κ2) is 10.4. The first-order chi connectivity index (χ1) is 16.3. The predicted molar refractivity (Wildman–Crippen MR) is 138 cm³/mol. The number of hydrogen-bond donors (Lipinski definition) is 1. The van der Waals surface area contributed by atoms with Crippen LogP contribution in [0.1, 0.15) is 36.4 Å². The highest BCUT2D eigenvalue weighted by Crippen LogP contribution is 2.39. The molecule has 1 unspecified atom stereocenters. The molecule has 0 radical (unpaired) electrons. The average molecular weight is 439 g/mol. The minimum absolute atomic E-state index is 0.0559. The number of allylic oxidation sites excluding steroid dienone is 4. The normalized spacial score (nSPS) is 18.3. The number of unbranched alkanes of at least 4 members (excludes halogenated alkanes) is 1.